The summed E-state index contributed by atoms with van der Waals surface area (Å²) < 4.78 is 16.4. The Morgan fingerprint density at radius 2 is 0.824 bits per heavy atom. The van der Waals surface area contributed by atoms with E-state index in [-0.39, 0.29) is 50.8 Å². The molecule has 0 aromatic rings. The number of carboxylic acids is 3. The number of carbonyl (C=O) groups is 6. The van der Waals surface area contributed by atoms with Crippen LogP contribution in [0.2, 0.25) is 0 Å². The number of ether oxygens (including phenoxy) is 3. The molecule has 0 aliphatic carbocycles. The zero-order chi connectivity index (χ0) is 38.3. The lowest BCUT2D eigenvalue weighted by Crippen LogP contribution is -2.49. The molecule has 0 aromatic carbocycles. The van der Waals surface area contributed by atoms with E-state index in [0.717, 1.165) is 0 Å². The first-order chi connectivity index (χ1) is 24.4. The van der Waals surface area contributed by atoms with Gasteiger partial charge in [-0.25, -0.2) is 0 Å². The molecule has 0 unspecified atom stereocenters. The first-order valence-electron chi connectivity index (χ1n) is 17.5. The number of hydrogen-bond acceptors (Lipinski definition) is 13. The molecule has 0 radical (unpaired) electrons. The number of rotatable bonds is 25. The molecule has 1 saturated heterocycles. The predicted molar refractivity (Wildman–Crippen MR) is 186 cm³/mol. The molecule has 19 heteroatoms. The van der Waals surface area contributed by atoms with Crippen LogP contribution in [-0.2, 0) is 43.0 Å². The predicted octanol–water partition coefficient (Wildman–Crippen LogP) is -2.18. The number of primary amides is 1. The normalized spacial score (nSPS) is 15.4. The van der Waals surface area contributed by atoms with Crippen LogP contribution in [-0.4, -0.2) is 202 Å². The van der Waals surface area contributed by atoms with E-state index < -0.39 is 23.8 Å². The minimum Gasteiger partial charge on any atom is -0.480 e. The van der Waals surface area contributed by atoms with Crippen molar-refractivity contribution in [3.63, 3.8) is 0 Å². The highest BCUT2D eigenvalue weighted by Crippen LogP contribution is 2.02. The van der Waals surface area contributed by atoms with Crippen molar-refractivity contribution in [2.75, 3.05) is 131 Å². The fourth-order valence-electron chi connectivity index (χ4n) is 4.71. The van der Waals surface area contributed by atoms with E-state index in [9.17, 15) is 44.1 Å². The van der Waals surface area contributed by atoms with E-state index >= 15 is 0 Å². The fourth-order valence-corrected chi connectivity index (χ4v) is 4.71. The molecular formula is C32H61N7O12. The Hall–Kier alpha value is -3.46. The second kappa shape index (κ2) is 31.3. The van der Waals surface area contributed by atoms with E-state index in [2.05, 4.69) is 10.6 Å². The quantitative estimate of drug-likeness (QED) is 0.0545. The van der Waals surface area contributed by atoms with Gasteiger partial charge in [-0.3, -0.25) is 48.4 Å². The van der Waals surface area contributed by atoms with Crippen LogP contribution >= 0.6 is 0 Å². The van der Waals surface area contributed by atoms with Crippen molar-refractivity contribution in [1.82, 2.24) is 30.2 Å². The maximum atomic E-state index is 12.7. The smallest absolute Gasteiger partial charge is 0.317 e. The van der Waals surface area contributed by atoms with Crippen molar-refractivity contribution >= 4 is 35.6 Å². The Balaban J connectivity index is 0.0000123. The summed E-state index contributed by atoms with van der Waals surface area (Å²) in [7, 11) is 0. The average molecular weight is 736 g/mol. The van der Waals surface area contributed by atoms with Gasteiger partial charge >= 0.3 is 17.9 Å². The lowest BCUT2D eigenvalue weighted by Gasteiger charge is -2.32. The van der Waals surface area contributed by atoms with Crippen LogP contribution in [0, 0.1) is 0 Å². The van der Waals surface area contributed by atoms with Gasteiger partial charge in [0.2, 0.25) is 17.7 Å². The molecule has 19 nitrogen and oxygen atoms in total. The molecule has 0 atom stereocenters. The summed E-state index contributed by atoms with van der Waals surface area (Å²) in [5.41, 5.74) is 5.00. The van der Waals surface area contributed by atoms with Gasteiger partial charge in [0.05, 0.1) is 52.6 Å². The highest BCUT2D eigenvalue weighted by atomic mass is 16.5. The van der Waals surface area contributed by atoms with Crippen LogP contribution in [0.5, 0.6) is 0 Å². The van der Waals surface area contributed by atoms with E-state index in [0.29, 0.717) is 118 Å². The number of nitrogens with one attached hydrogen (secondary N) is 2. The summed E-state index contributed by atoms with van der Waals surface area (Å²) in [6.45, 7) is 9.26. The molecule has 0 saturated carbocycles. The summed E-state index contributed by atoms with van der Waals surface area (Å²) in [5.74, 6) is -3.99. The van der Waals surface area contributed by atoms with E-state index in [1.807, 2.05) is 18.7 Å². The number of nitrogens with zero attached hydrogens (tertiary/aromatic N) is 4. The third-order valence-corrected chi connectivity index (χ3v) is 7.29. The molecule has 0 aromatic heterocycles. The second-order valence-electron chi connectivity index (χ2n) is 11.5. The highest BCUT2D eigenvalue weighted by molar-refractivity contribution is 5.82. The number of hydrogen-bond donors (Lipinski definition) is 6. The third kappa shape index (κ3) is 29.9. The Morgan fingerprint density at radius 1 is 0.510 bits per heavy atom. The van der Waals surface area contributed by atoms with Crippen LogP contribution in [0.25, 0.3) is 0 Å². The summed E-state index contributed by atoms with van der Waals surface area (Å²) in [5, 5.41) is 33.5. The van der Waals surface area contributed by atoms with Gasteiger partial charge in [-0.1, -0.05) is 13.8 Å². The standard InChI is InChI=1S/C30H55N7O12.C2H6/c31-25(38)3-4-26(39)32-5-1-15-47-17-19-49-20-18-48-16-2-6-33-27(40)21-34-7-9-35(22-28(41)42)11-13-37(24-30(45)46)14-12-36(10-8-34)23-29(43)44;1-2/h1-24H2,(H2,31,38)(H,32,39)(H,33,40)(H,41,42)(H,43,44)(H,45,46);1-2H3. The van der Waals surface area contributed by atoms with E-state index in [4.69, 9.17) is 19.9 Å². The number of amides is 3. The molecule has 0 bridgehead atoms. The maximum absolute atomic E-state index is 12.7. The molecule has 296 valence electrons. The van der Waals surface area contributed by atoms with Crippen LogP contribution in [0.4, 0.5) is 0 Å². The zero-order valence-electron chi connectivity index (χ0n) is 30.4. The molecule has 1 fully saturated rings. The van der Waals surface area contributed by atoms with Gasteiger partial charge in [0.15, 0.2) is 0 Å². The minimum atomic E-state index is -1.02. The monoisotopic (exact) mass is 735 g/mol. The molecule has 1 aliphatic rings. The topological polar surface area (TPSA) is 254 Å². The summed E-state index contributed by atoms with van der Waals surface area (Å²) in [4.78, 5) is 76.0. The van der Waals surface area contributed by atoms with Crippen molar-refractivity contribution in [3.8, 4) is 0 Å². The van der Waals surface area contributed by atoms with Crippen LogP contribution in [0.3, 0.4) is 0 Å². The summed E-state index contributed by atoms with van der Waals surface area (Å²) >= 11 is 0. The largest absolute Gasteiger partial charge is 0.480 e. The summed E-state index contributed by atoms with van der Waals surface area (Å²) in [6, 6.07) is 0. The lowest BCUT2D eigenvalue weighted by atomic mass is 10.3. The van der Waals surface area contributed by atoms with Gasteiger partial charge in [-0.05, 0) is 12.8 Å². The average Bonchev–Trinajstić information content (AvgIpc) is 3.06. The number of nitrogens with two attached hydrogens (primary N) is 1. The molecule has 1 heterocycles. The van der Waals surface area contributed by atoms with Crippen molar-refractivity contribution in [3.05, 3.63) is 0 Å². The van der Waals surface area contributed by atoms with E-state index in [1.165, 1.54) is 0 Å². The van der Waals surface area contributed by atoms with E-state index in [1.54, 1.807) is 14.7 Å². The van der Waals surface area contributed by atoms with Crippen molar-refractivity contribution in [2.24, 2.45) is 5.73 Å². The first-order valence-corrected chi connectivity index (χ1v) is 17.5. The maximum Gasteiger partial charge on any atom is 0.317 e. The zero-order valence-corrected chi connectivity index (χ0v) is 30.4. The number of carboxylic acid groups (broad SMARTS) is 3. The molecule has 3 amide bonds. The van der Waals surface area contributed by atoms with Gasteiger partial charge in [-0.15, -0.1) is 0 Å². The number of carbonyl (C=O) groups excluding carboxylic acids is 3. The third-order valence-electron chi connectivity index (χ3n) is 7.29. The first kappa shape index (κ1) is 47.5. The fraction of sp³-hybridized carbons (Fsp3) is 0.812. The van der Waals surface area contributed by atoms with Gasteiger partial charge in [0.25, 0.3) is 0 Å². The van der Waals surface area contributed by atoms with Gasteiger partial charge in [0, 0.05) is 91.5 Å². The Morgan fingerprint density at radius 3 is 1.16 bits per heavy atom. The molecule has 1 aliphatic heterocycles. The van der Waals surface area contributed by atoms with Crippen molar-refractivity contribution in [2.45, 2.75) is 39.5 Å². The molecular weight excluding hydrogens is 674 g/mol. The Labute approximate surface area is 300 Å². The van der Waals surface area contributed by atoms with Crippen molar-refractivity contribution in [1.29, 1.82) is 0 Å². The van der Waals surface area contributed by atoms with Crippen LogP contribution in [0.1, 0.15) is 39.5 Å². The highest BCUT2D eigenvalue weighted by Gasteiger charge is 2.21. The van der Waals surface area contributed by atoms with Crippen LogP contribution in [0.15, 0.2) is 0 Å². The number of aliphatic carboxylic acids is 3. The van der Waals surface area contributed by atoms with Gasteiger partial charge in [0.1, 0.15) is 0 Å². The lowest BCUT2D eigenvalue weighted by molar-refractivity contribution is -0.140. The molecule has 51 heavy (non-hydrogen) atoms. The summed E-state index contributed by atoms with van der Waals surface area (Å²) in [6.07, 6.45) is 1.32. The van der Waals surface area contributed by atoms with Crippen molar-refractivity contribution < 1.29 is 58.3 Å². The molecule has 1 rings (SSSR count). The Kier molecular flexibility index (Phi) is 29.2. The van der Waals surface area contributed by atoms with Gasteiger partial charge < -0.3 is 45.9 Å². The molecule has 0 spiro atoms. The second-order valence-corrected chi connectivity index (χ2v) is 11.5. The SMILES string of the molecule is CC.NC(=O)CCC(=O)NCCCOCCOCCOCCCNC(=O)CN1CCN(CC(=O)O)CCN(CC(=O)O)CCN(CC(=O)O)CC1. The Bertz CT molecular complexity index is 976. The van der Waals surface area contributed by atoms with Crippen LogP contribution < -0.4 is 16.4 Å². The van der Waals surface area contributed by atoms with Gasteiger partial charge in [-0.2, -0.15) is 0 Å². The minimum absolute atomic E-state index is 0.0266. The molecule has 7 N–H and O–H groups in total.